The van der Waals surface area contributed by atoms with Crippen LogP contribution in [0.25, 0.3) is 0 Å². The second-order valence-electron chi connectivity index (χ2n) is 3.37. The third-order valence-electron chi connectivity index (χ3n) is 1.79. The van der Waals surface area contributed by atoms with Crippen LogP contribution in [0.3, 0.4) is 0 Å². The molecule has 0 aromatic rings. The zero-order chi connectivity index (χ0) is 11.2. The predicted molar refractivity (Wildman–Crippen MR) is 48.0 cm³/mol. The Bertz CT molecular complexity index is 163. The first kappa shape index (κ1) is 13.7. The number of hydrogen-bond donors (Lipinski definition) is 2. The SMILES string of the molecule is CCOCC(C)(CN)NCC(F)(F)F. The van der Waals surface area contributed by atoms with Crippen molar-refractivity contribution >= 4 is 0 Å². The number of ether oxygens (including phenoxy) is 1. The summed E-state index contributed by atoms with van der Waals surface area (Å²) in [6, 6.07) is 0. The molecule has 0 radical (unpaired) electrons. The molecule has 86 valence electrons. The first-order valence-corrected chi connectivity index (χ1v) is 4.42. The van der Waals surface area contributed by atoms with E-state index in [9.17, 15) is 13.2 Å². The van der Waals surface area contributed by atoms with Crippen molar-refractivity contribution in [2.75, 3.05) is 26.3 Å². The number of nitrogens with one attached hydrogen (secondary N) is 1. The van der Waals surface area contributed by atoms with Crippen molar-refractivity contribution in [3.8, 4) is 0 Å². The van der Waals surface area contributed by atoms with Crippen molar-refractivity contribution in [2.45, 2.75) is 25.6 Å². The van der Waals surface area contributed by atoms with Gasteiger partial charge in [0.2, 0.25) is 0 Å². The third-order valence-corrected chi connectivity index (χ3v) is 1.79. The van der Waals surface area contributed by atoms with E-state index in [-0.39, 0.29) is 13.2 Å². The normalized spacial score (nSPS) is 16.7. The molecule has 0 bridgehead atoms. The minimum Gasteiger partial charge on any atom is -0.380 e. The van der Waals surface area contributed by atoms with E-state index in [1.54, 1.807) is 13.8 Å². The van der Waals surface area contributed by atoms with Crippen LogP contribution in [0.15, 0.2) is 0 Å². The highest BCUT2D eigenvalue weighted by atomic mass is 19.4. The average molecular weight is 214 g/mol. The highest BCUT2D eigenvalue weighted by molar-refractivity contribution is 4.84. The van der Waals surface area contributed by atoms with Crippen LogP contribution in [0.4, 0.5) is 13.2 Å². The molecule has 0 saturated carbocycles. The Hall–Kier alpha value is -0.330. The quantitative estimate of drug-likeness (QED) is 0.690. The van der Waals surface area contributed by atoms with Crippen molar-refractivity contribution < 1.29 is 17.9 Å². The zero-order valence-corrected chi connectivity index (χ0v) is 8.45. The molecule has 3 nitrogen and oxygen atoms in total. The second-order valence-corrected chi connectivity index (χ2v) is 3.37. The van der Waals surface area contributed by atoms with E-state index in [1.807, 2.05) is 0 Å². The minimum absolute atomic E-state index is 0.100. The van der Waals surface area contributed by atoms with Gasteiger partial charge in [0.05, 0.1) is 18.7 Å². The van der Waals surface area contributed by atoms with E-state index in [4.69, 9.17) is 10.5 Å². The van der Waals surface area contributed by atoms with Gasteiger partial charge in [-0.05, 0) is 13.8 Å². The lowest BCUT2D eigenvalue weighted by Gasteiger charge is -2.29. The molecule has 0 saturated heterocycles. The summed E-state index contributed by atoms with van der Waals surface area (Å²) in [6.45, 7) is 3.07. The molecule has 1 atom stereocenters. The molecule has 0 amide bonds. The molecule has 0 aliphatic rings. The monoisotopic (exact) mass is 214 g/mol. The highest BCUT2D eigenvalue weighted by Crippen LogP contribution is 2.14. The number of nitrogens with two attached hydrogens (primary N) is 1. The summed E-state index contributed by atoms with van der Waals surface area (Å²) in [5.74, 6) is 0. The maximum atomic E-state index is 11.9. The third kappa shape index (κ3) is 6.17. The van der Waals surface area contributed by atoms with E-state index >= 15 is 0 Å². The number of alkyl halides is 3. The fourth-order valence-electron chi connectivity index (χ4n) is 0.823. The van der Waals surface area contributed by atoms with Gasteiger partial charge in [-0.2, -0.15) is 13.2 Å². The van der Waals surface area contributed by atoms with E-state index in [2.05, 4.69) is 5.32 Å². The van der Waals surface area contributed by atoms with Crippen LogP contribution in [-0.2, 0) is 4.74 Å². The van der Waals surface area contributed by atoms with Crippen LogP contribution in [0.2, 0.25) is 0 Å². The molecule has 0 aliphatic heterocycles. The van der Waals surface area contributed by atoms with Gasteiger partial charge in [-0.3, -0.25) is 0 Å². The van der Waals surface area contributed by atoms with Crippen molar-refractivity contribution in [1.29, 1.82) is 0 Å². The Balaban J connectivity index is 3.98. The molecule has 1 unspecified atom stereocenters. The number of halogens is 3. The molecule has 0 aromatic heterocycles. The van der Waals surface area contributed by atoms with Crippen LogP contribution < -0.4 is 11.1 Å². The summed E-state index contributed by atoms with van der Waals surface area (Å²) in [5, 5.41) is 2.35. The van der Waals surface area contributed by atoms with Gasteiger partial charge >= 0.3 is 6.18 Å². The van der Waals surface area contributed by atoms with Gasteiger partial charge < -0.3 is 15.8 Å². The van der Waals surface area contributed by atoms with Gasteiger partial charge in [-0.25, -0.2) is 0 Å². The fraction of sp³-hybridized carbons (Fsp3) is 1.00. The lowest BCUT2D eigenvalue weighted by atomic mass is 10.0. The van der Waals surface area contributed by atoms with Crippen LogP contribution in [0, 0.1) is 0 Å². The first-order valence-electron chi connectivity index (χ1n) is 4.42. The van der Waals surface area contributed by atoms with Crippen LogP contribution in [0.1, 0.15) is 13.8 Å². The Morgan fingerprint density at radius 3 is 2.29 bits per heavy atom. The lowest BCUT2D eigenvalue weighted by molar-refractivity contribution is -0.129. The lowest BCUT2D eigenvalue weighted by Crippen LogP contribution is -2.54. The summed E-state index contributed by atoms with van der Waals surface area (Å²) < 4.78 is 40.7. The summed E-state index contributed by atoms with van der Waals surface area (Å²) in [7, 11) is 0. The molecule has 0 heterocycles. The number of hydrogen-bond acceptors (Lipinski definition) is 3. The van der Waals surface area contributed by atoms with Crippen LogP contribution in [-0.4, -0.2) is 38.0 Å². The molecule has 0 fully saturated rings. The Labute approximate surface area is 81.8 Å². The summed E-state index contributed by atoms with van der Waals surface area (Å²) >= 11 is 0. The molecule has 0 aromatic carbocycles. The van der Waals surface area contributed by atoms with Gasteiger partial charge in [0, 0.05) is 13.2 Å². The van der Waals surface area contributed by atoms with Gasteiger partial charge in [-0.15, -0.1) is 0 Å². The molecule has 14 heavy (non-hydrogen) atoms. The van der Waals surface area contributed by atoms with Crippen LogP contribution in [0.5, 0.6) is 0 Å². The zero-order valence-electron chi connectivity index (χ0n) is 8.45. The maximum absolute atomic E-state index is 11.9. The van der Waals surface area contributed by atoms with E-state index in [1.165, 1.54) is 0 Å². The predicted octanol–water partition coefficient (Wildman–Crippen LogP) is 0.892. The summed E-state index contributed by atoms with van der Waals surface area (Å²) in [6.07, 6.45) is -4.22. The highest BCUT2D eigenvalue weighted by Gasteiger charge is 2.32. The smallest absolute Gasteiger partial charge is 0.380 e. The van der Waals surface area contributed by atoms with E-state index < -0.39 is 18.3 Å². The molecule has 0 rings (SSSR count). The van der Waals surface area contributed by atoms with Crippen molar-refractivity contribution in [3.63, 3.8) is 0 Å². The van der Waals surface area contributed by atoms with Gasteiger partial charge in [0.25, 0.3) is 0 Å². The molecular formula is C8H17F3N2O. The Morgan fingerprint density at radius 2 is 1.93 bits per heavy atom. The van der Waals surface area contributed by atoms with Crippen molar-refractivity contribution in [3.05, 3.63) is 0 Å². The number of rotatable bonds is 6. The van der Waals surface area contributed by atoms with E-state index in [0.29, 0.717) is 6.61 Å². The molecule has 0 aliphatic carbocycles. The van der Waals surface area contributed by atoms with E-state index in [0.717, 1.165) is 0 Å². The van der Waals surface area contributed by atoms with Gasteiger partial charge in [0.1, 0.15) is 0 Å². The summed E-state index contributed by atoms with van der Waals surface area (Å²) in [4.78, 5) is 0. The topological polar surface area (TPSA) is 47.3 Å². The Morgan fingerprint density at radius 1 is 1.36 bits per heavy atom. The maximum Gasteiger partial charge on any atom is 0.401 e. The fourth-order valence-corrected chi connectivity index (χ4v) is 0.823. The summed E-state index contributed by atoms with van der Waals surface area (Å²) in [5.41, 5.74) is 4.55. The van der Waals surface area contributed by atoms with Crippen LogP contribution >= 0.6 is 0 Å². The Kier molecular flexibility index (Phi) is 5.40. The average Bonchev–Trinajstić information content (AvgIpc) is 2.10. The van der Waals surface area contributed by atoms with Gasteiger partial charge in [-0.1, -0.05) is 0 Å². The van der Waals surface area contributed by atoms with Crippen molar-refractivity contribution in [2.24, 2.45) is 5.73 Å². The van der Waals surface area contributed by atoms with Gasteiger partial charge in [0.15, 0.2) is 0 Å². The standard InChI is InChI=1S/C8H17F3N2O/c1-3-14-6-7(2,4-12)13-5-8(9,10)11/h13H,3-6,12H2,1-2H3. The largest absolute Gasteiger partial charge is 0.401 e. The molecular weight excluding hydrogens is 197 g/mol. The first-order chi connectivity index (χ1) is 6.33. The molecule has 0 spiro atoms. The second kappa shape index (κ2) is 5.53. The van der Waals surface area contributed by atoms with Crippen molar-refractivity contribution in [1.82, 2.24) is 5.32 Å². The molecule has 6 heteroatoms. The minimum atomic E-state index is -4.22. The molecule has 3 N–H and O–H groups in total.